The molecule has 2 rings (SSSR count). The highest BCUT2D eigenvalue weighted by Crippen LogP contribution is 2.31. The van der Waals surface area contributed by atoms with Gasteiger partial charge in [-0.1, -0.05) is 90.0 Å². The number of hydrogen-bond donors (Lipinski definition) is 1. The summed E-state index contributed by atoms with van der Waals surface area (Å²) >= 11 is 0. The lowest BCUT2D eigenvalue weighted by molar-refractivity contribution is -0.138. The van der Waals surface area contributed by atoms with Gasteiger partial charge in [0.15, 0.2) is 0 Å². The molecule has 37 heavy (non-hydrogen) atoms. The largest absolute Gasteiger partial charge is 0.416 e. The van der Waals surface area contributed by atoms with Crippen LogP contribution in [0.25, 0.3) is 0 Å². The fourth-order valence-electron chi connectivity index (χ4n) is 4.08. The van der Waals surface area contributed by atoms with Gasteiger partial charge in [0.2, 0.25) is 0 Å². The van der Waals surface area contributed by atoms with Crippen molar-refractivity contribution in [2.24, 2.45) is 0 Å². The van der Waals surface area contributed by atoms with Gasteiger partial charge in [-0.05, 0) is 36.8 Å². The van der Waals surface area contributed by atoms with E-state index in [0.717, 1.165) is 31.4 Å². The van der Waals surface area contributed by atoms with Crippen molar-refractivity contribution in [1.82, 2.24) is 4.98 Å². The van der Waals surface area contributed by atoms with E-state index in [4.69, 9.17) is 4.74 Å². The highest BCUT2D eigenvalue weighted by atomic mass is 19.4. The molecule has 0 atom stereocenters. The fourth-order valence-corrected chi connectivity index (χ4v) is 4.08. The van der Waals surface area contributed by atoms with Gasteiger partial charge < -0.3 is 10.1 Å². The van der Waals surface area contributed by atoms with Crippen LogP contribution in [-0.4, -0.2) is 16.9 Å². The summed E-state index contributed by atoms with van der Waals surface area (Å²) in [6.45, 7) is 2.23. The third kappa shape index (κ3) is 12.3. The number of pyridine rings is 1. The lowest BCUT2D eigenvalue weighted by Gasteiger charge is -2.12. The highest BCUT2D eigenvalue weighted by molar-refractivity contribution is 6.00. The van der Waals surface area contributed by atoms with Crippen LogP contribution >= 0.6 is 0 Å². The molecule has 2 aromatic rings. The average Bonchev–Trinajstić information content (AvgIpc) is 2.87. The minimum absolute atomic E-state index is 0.0144. The fraction of sp³-hybridized carbons (Fsp3) is 0.552. The molecule has 204 valence electrons. The van der Waals surface area contributed by atoms with Crippen LogP contribution in [0.1, 0.15) is 113 Å². The van der Waals surface area contributed by atoms with Gasteiger partial charge in [0.05, 0.1) is 5.56 Å². The van der Waals surface area contributed by atoms with Crippen molar-refractivity contribution < 1.29 is 27.5 Å². The van der Waals surface area contributed by atoms with Gasteiger partial charge in [-0.15, -0.1) is 0 Å². The van der Waals surface area contributed by atoms with E-state index in [1.807, 2.05) is 0 Å². The van der Waals surface area contributed by atoms with Crippen LogP contribution in [0.4, 0.5) is 24.7 Å². The molecule has 1 aromatic heterocycles. The summed E-state index contributed by atoms with van der Waals surface area (Å²) in [5.74, 6) is -1.50. The number of alkyl halides is 3. The third-order valence-electron chi connectivity index (χ3n) is 6.17. The topological polar surface area (TPSA) is 68.3 Å². The molecule has 0 aliphatic rings. The van der Waals surface area contributed by atoms with Crippen molar-refractivity contribution >= 4 is 23.4 Å². The second kappa shape index (κ2) is 16.8. The van der Waals surface area contributed by atoms with Crippen molar-refractivity contribution in [2.45, 2.75) is 103 Å². The Labute approximate surface area is 218 Å². The van der Waals surface area contributed by atoms with Crippen LogP contribution in [-0.2, 0) is 15.7 Å². The van der Waals surface area contributed by atoms with Gasteiger partial charge in [-0.3, -0.25) is 4.79 Å². The summed E-state index contributed by atoms with van der Waals surface area (Å²) < 4.78 is 43.9. The van der Waals surface area contributed by atoms with Crippen molar-refractivity contribution in [1.29, 1.82) is 0 Å². The Balaban J connectivity index is 1.67. The van der Waals surface area contributed by atoms with Crippen LogP contribution in [0.3, 0.4) is 0 Å². The van der Waals surface area contributed by atoms with Crippen LogP contribution in [0, 0.1) is 0 Å². The van der Waals surface area contributed by atoms with Crippen molar-refractivity contribution in [3.8, 4) is 0 Å². The van der Waals surface area contributed by atoms with E-state index in [9.17, 15) is 22.8 Å². The number of carbonyl (C=O) groups is 2. The van der Waals surface area contributed by atoms with E-state index in [0.29, 0.717) is 6.42 Å². The highest BCUT2D eigenvalue weighted by Gasteiger charge is 2.30. The third-order valence-corrected chi connectivity index (χ3v) is 6.17. The van der Waals surface area contributed by atoms with E-state index in [-0.39, 0.29) is 23.5 Å². The first-order valence-electron chi connectivity index (χ1n) is 13.5. The number of esters is 2. The zero-order valence-corrected chi connectivity index (χ0v) is 21.7. The number of nitrogens with zero attached hydrogens (tertiary/aromatic N) is 1. The Morgan fingerprint density at radius 1 is 0.838 bits per heavy atom. The van der Waals surface area contributed by atoms with Gasteiger partial charge in [-0.25, -0.2) is 9.78 Å². The quantitative estimate of drug-likeness (QED) is 0.128. The number of unbranched alkanes of at least 4 members (excludes halogenated alkanes) is 12. The summed E-state index contributed by atoms with van der Waals surface area (Å²) in [7, 11) is 0. The standard InChI is InChI=1S/C29H39F3N2O3/c1-2-3-4-5-6-7-8-9-10-11-12-13-14-20-26(35)37-28(36)25-19-16-21-33-27(25)34-24-18-15-17-23(22-24)29(30,31)32/h15-19,21-22H,2-14,20H2,1H3,(H,33,34). The predicted molar refractivity (Wildman–Crippen MR) is 140 cm³/mol. The Morgan fingerprint density at radius 2 is 1.43 bits per heavy atom. The Hall–Kier alpha value is -2.90. The molecular weight excluding hydrogens is 481 g/mol. The number of carbonyl (C=O) groups excluding carboxylic acids is 2. The first kappa shape index (κ1) is 30.3. The molecule has 1 N–H and O–H groups in total. The minimum Gasteiger partial charge on any atom is -0.389 e. The minimum atomic E-state index is -4.50. The van der Waals surface area contributed by atoms with Crippen LogP contribution < -0.4 is 5.32 Å². The van der Waals surface area contributed by atoms with E-state index in [1.54, 1.807) is 0 Å². The van der Waals surface area contributed by atoms with Crippen LogP contribution in [0.15, 0.2) is 42.6 Å². The van der Waals surface area contributed by atoms with Gasteiger partial charge >= 0.3 is 18.1 Å². The molecule has 1 aromatic carbocycles. The molecule has 1 heterocycles. The molecular formula is C29H39F3N2O3. The number of ether oxygens (including phenoxy) is 1. The molecule has 0 saturated heterocycles. The predicted octanol–water partition coefficient (Wildman–Crippen LogP) is 9.01. The second-order valence-corrected chi connectivity index (χ2v) is 9.36. The number of nitrogens with one attached hydrogen (secondary N) is 1. The van der Waals surface area contributed by atoms with Crippen molar-refractivity contribution in [3.05, 3.63) is 53.7 Å². The molecule has 5 nitrogen and oxygen atoms in total. The Morgan fingerprint density at radius 3 is 2.03 bits per heavy atom. The van der Waals surface area contributed by atoms with Gasteiger partial charge in [0.25, 0.3) is 0 Å². The first-order chi connectivity index (χ1) is 17.8. The first-order valence-corrected chi connectivity index (χ1v) is 13.5. The summed E-state index contributed by atoms with van der Waals surface area (Å²) in [4.78, 5) is 28.7. The molecule has 0 aliphatic carbocycles. The molecule has 0 amide bonds. The summed E-state index contributed by atoms with van der Waals surface area (Å²) in [5.41, 5.74) is -0.745. The lowest BCUT2D eigenvalue weighted by atomic mass is 10.0. The maximum Gasteiger partial charge on any atom is 0.416 e. The molecule has 0 spiro atoms. The van der Waals surface area contributed by atoms with Gasteiger partial charge in [0, 0.05) is 18.3 Å². The maximum absolute atomic E-state index is 13.0. The maximum atomic E-state index is 13.0. The zero-order chi connectivity index (χ0) is 26.9. The Kier molecular flexibility index (Phi) is 13.7. The number of halogens is 3. The number of hydrogen-bond acceptors (Lipinski definition) is 5. The number of benzene rings is 1. The zero-order valence-electron chi connectivity index (χ0n) is 21.7. The smallest absolute Gasteiger partial charge is 0.389 e. The van der Waals surface area contributed by atoms with Crippen molar-refractivity contribution in [3.63, 3.8) is 0 Å². The second-order valence-electron chi connectivity index (χ2n) is 9.36. The molecule has 0 radical (unpaired) electrons. The molecule has 0 aliphatic heterocycles. The normalized spacial score (nSPS) is 11.4. The SMILES string of the molecule is CCCCCCCCCCCCCCCC(=O)OC(=O)c1cccnc1Nc1cccc(C(F)(F)F)c1. The van der Waals surface area contributed by atoms with E-state index in [1.165, 1.54) is 88.2 Å². The summed E-state index contributed by atoms with van der Waals surface area (Å²) in [5, 5.41) is 2.71. The number of aromatic nitrogens is 1. The summed E-state index contributed by atoms with van der Waals surface area (Å²) in [6, 6.07) is 7.45. The number of anilines is 2. The Bertz CT molecular complexity index is 963. The molecule has 0 bridgehead atoms. The van der Waals surface area contributed by atoms with Crippen molar-refractivity contribution in [2.75, 3.05) is 5.32 Å². The molecule has 0 fully saturated rings. The molecule has 0 saturated carbocycles. The van der Waals surface area contributed by atoms with E-state index < -0.39 is 23.7 Å². The monoisotopic (exact) mass is 520 g/mol. The average molecular weight is 521 g/mol. The van der Waals surface area contributed by atoms with Gasteiger partial charge in [0.1, 0.15) is 11.4 Å². The van der Waals surface area contributed by atoms with Crippen LogP contribution in [0.5, 0.6) is 0 Å². The summed E-state index contributed by atoms with van der Waals surface area (Å²) in [6.07, 6.45) is 12.5. The lowest BCUT2D eigenvalue weighted by Crippen LogP contribution is -2.14. The molecule has 0 unspecified atom stereocenters. The van der Waals surface area contributed by atoms with Crippen LogP contribution in [0.2, 0.25) is 0 Å². The van der Waals surface area contributed by atoms with E-state index >= 15 is 0 Å². The van der Waals surface area contributed by atoms with E-state index in [2.05, 4.69) is 17.2 Å². The molecule has 8 heteroatoms. The number of rotatable bonds is 17. The van der Waals surface area contributed by atoms with Gasteiger partial charge in [-0.2, -0.15) is 13.2 Å².